The third-order valence-electron chi connectivity index (χ3n) is 4.58. The molecule has 132 valence electrons. The highest BCUT2D eigenvalue weighted by molar-refractivity contribution is 9.10. The molecule has 3 aromatic rings. The molecule has 5 nitrogen and oxygen atoms in total. The Kier molecular flexibility index (Phi) is 4.59. The molecular formula is C20H17BrN2O3. The minimum absolute atomic E-state index is 0.0280. The largest absolute Gasteiger partial charge is 0.423 e. The lowest BCUT2D eigenvalue weighted by Crippen LogP contribution is -2.24. The molecule has 0 saturated heterocycles. The molecule has 0 fully saturated rings. The lowest BCUT2D eigenvalue weighted by Gasteiger charge is -2.11. The molecule has 0 N–H and O–H groups in total. The fourth-order valence-corrected chi connectivity index (χ4v) is 3.48. The first kappa shape index (κ1) is 17.0. The van der Waals surface area contributed by atoms with Crippen LogP contribution in [0.25, 0.3) is 10.9 Å². The SMILES string of the molecule is O=C(Oc1ccc(Br)cc1)c1ccc2c(=O)n3c(nc2c1)CCCCC3. The van der Waals surface area contributed by atoms with Crippen molar-refractivity contribution >= 4 is 32.8 Å². The van der Waals surface area contributed by atoms with Crippen molar-refractivity contribution in [1.82, 2.24) is 9.55 Å². The maximum absolute atomic E-state index is 12.7. The summed E-state index contributed by atoms with van der Waals surface area (Å²) in [5.41, 5.74) is 0.902. The summed E-state index contributed by atoms with van der Waals surface area (Å²) >= 11 is 3.35. The second-order valence-corrected chi connectivity index (χ2v) is 7.29. The zero-order valence-electron chi connectivity index (χ0n) is 14.1. The Bertz CT molecular complexity index is 1040. The molecule has 0 amide bonds. The van der Waals surface area contributed by atoms with Gasteiger partial charge in [-0.25, -0.2) is 9.78 Å². The molecule has 0 radical (unpaired) electrons. The van der Waals surface area contributed by atoms with Crippen LogP contribution < -0.4 is 10.3 Å². The summed E-state index contributed by atoms with van der Waals surface area (Å²) in [5.74, 6) is 0.803. The van der Waals surface area contributed by atoms with E-state index in [-0.39, 0.29) is 5.56 Å². The summed E-state index contributed by atoms with van der Waals surface area (Å²) < 4.78 is 8.08. The Morgan fingerprint density at radius 3 is 2.69 bits per heavy atom. The molecule has 0 atom stereocenters. The minimum atomic E-state index is -0.467. The van der Waals surface area contributed by atoms with Crippen LogP contribution in [0.4, 0.5) is 0 Å². The van der Waals surface area contributed by atoms with E-state index in [0.717, 1.165) is 36.0 Å². The van der Waals surface area contributed by atoms with Crippen molar-refractivity contribution in [2.45, 2.75) is 32.2 Å². The van der Waals surface area contributed by atoms with Gasteiger partial charge in [-0.15, -0.1) is 0 Å². The van der Waals surface area contributed by atoms with E-state index in [4.69, 9.17) is 4.74 Å². The molecule has 4 rings (SSSR count). The van der Waals surface area contributed by atoms with Gasteiger partial charge in [-0.1, -0.05) is 22.4 Å². The van der Waals surface area contributed by atoms with E-state index >= 15 is 0 Å². The number of carbonyl (C=O) groups is 1. The molecule has 2 aromatic carbocycles. The number of carbonyl (C=O) groups excluding carboxylic acids is 1. The molecule has 2 heterocycles. The second-order valence-electron chi connectivity index (χ2n) is 6.37. The standard InChI is InChI=1S/C20H17BrN2O3/c21-14-6-8-15(9-7-14)26-20(25)13-5-10-16-17(12-13)22-18-4-2-1-3-11-23(18)19(16)24/h5-10,12H,1-4,11H2. The second kappa shape index (κ2) is 7.03. The number of fused-ring (bicyclic) bond motifs is 2. The molecule has 0 bridgehead atoms. The number of benzene rings is 2. The van der Waals surface area contributed by atoms with E-state index in [1.807, 2.05) is 0 Å². The van der Waals surface area contributed by atoms with E-state index in [2.05, 4.69) is 20.9 Å². The Morgan fingerprint density at radius 2 is 1.88 bits per heavy atom. The van der Waals surface area contributed by atoms with Gasteiger partial charge in [0.25, 0.3) is 5.56 Å². The van der Waals surface area contributed by atoms with E-state index in [9.17, 15) is 9.59 Å². The number of ether oxygens (including phenoxy) is 1. The molecule has 1 aliphatic heterocycles. The van der Waals surface area contributed by atoms with Crippen LogP contribution in [0.15, 0.2) is 51.7 Å². The van der Waals surface area contributed by atoms with Crippen LogP contribution in [0, 0.1) is 0 Å². The molecule has 6 heteroatoms. The highest BCUT2D eigenvalue weighted by atomic mass is 79.9. The van der Waals surface area contributed by atoms with Gasteiger partial charge < -0.3 is 4.74 Å². The number of aromatic nitrogens is 2. The first-order valence-electron chi connectivity index (χ1n) is 8.63. The summed E-state index contributed by atoms with van der Waals surface area (Å²) in [5, 5.41) is 0.538. The van der Waals surface area contributed by atoms with Crippen molar-refractivity contribution in [3.63, 3.8) is 0 Å². The lowest BCUT2D eigenvalue weighted by atomic mass is 10.1. The average Bonchev–Trinajstić information content (AvgIpc) is 2.89. The molecule has 0 aliphatic carbocycles. The molecule has 1 aliphatic rings. The molecule has 0 unspecified atom stereocenters. The van der Waals surface area contributed by atoms with Crippen LogP contribution in [-0.4, -0.2) is 15.5 Å². The Hall–Kier alpha value is -2.47. The van der Waals surface area contributed by atoms with Crippen LogP contribution in [0.1, 0.15) is 35.4 Å². The van der Waals surface area contributed by atoms with Crippen LogP contribution >= 0.6 is 15.9 Å². The minimum Gasteiger partial charge on any atom is -0.423 e. The maximum Gasteiger partial charge on any atom is 0.343 e. The zero-order chi connectivity index (χ0) is 18.1. The Morgan fingerprint density at radius 1 is 1.08 bits per heavy atom. The van der Waals surface area contributed by atoms with Crippen LogP contribution in [-0.2, 0) is 13.0 Å². The first-order chi connectivity index (χ1) is 12.6. The average molecular weight is 413 g/mol. The lowest BCUT2D eigenvalue weighted by molar-refractivity contribution is 0.0735. The van der Waals surface area contributed by atoms with Crippen molar-refractivity contribution < 1.29 is 9.53 Å². The summed E-state index contributed by atoms with van der Waals surface area (Å²) in [6.07, 6.45) is 3.92. The molecule has 26 heavy (non-hydrogen) atoms. The topological polar surface area (TPSA) is 61.2 Å². The Balaban J connectivity index is 1.69. The predicted molar refractivity (Wildman–Crippen MR) is 103 cm³/mol. The summed E-state index contributed by atoms with van der Waals surface area (Å²) in [6.45, 7) is 0.713. The van der Waals surface area contributed by atoms with Crippen molar-refractivity contribution in [1.29, 1.82) is 0 Å². The van der Waals surface area contributed by atoms with Gasteiger partial charge >= 0.3 is 5.97 Å². The normalized spacial score (nSPS) is 13.9. The predicted octanol–water partition coefficient (Wildman–Crippen LogP) is 4.10. The molecular weight excluding hydrogens is 396 g/mol. The third-order valence-corrected chi connectivity index (χ3v) is 5.11. The monoisotopic (exact) mass is 412 g/mol. The first-order valence-corrected chi connectivity index (χ1v) is 9.42. The van der Waals surface area contributed by atoms with Gasteiger partial charge in [0.15, 0.2) is 0 Å². The van der Waals surface area contributed by atoms with Gasteiger partial charge in [-0.05, 0) is 55.3 Å². The number of aryl methyl sites for hydroxylation is 1. The molecule has 0 spiro atoms. The fraction of sp³-hybridized carbons (Fsp3) is 0.250. The number of hydrogen-bond acceptors (Lipinski definition) is 4. The van der Waals surface area contributed by atoms with Crippen LogP contribution in [0.5, 0.6) is 5.75 Å². The van der Waals surface area contributed by atoms with Gasteiger partial charge in [-0.3, -0.25) is 9.36 Å². The third kappa shape index (κ3) is 3.29. The van der Waals surface area contributed by atoms with Gasteiger partial charge in [0.05, 0.1) is 16.5 Å². The van der Waals surface area contributed by atoms with E-state index in [0.29, 0.717) is 28.8 Å². The van der Waals surface area contributed by atoms with Crippen molar-refractivity contribution in [2.24, 2.45) is 0 Å². The molecule has 0 saturated carbocycles. The van der Waals surface area contributed by atoms with E-state index in [1.54, 1.807) is 47.0 Å². The zero-order valence-corrected chi connectivity index (χ0v) is 15.7. The van der Waals surface area contributed by atoms with E-state index in [1.165, 1.54) is 0 Å². The van der Waals surface area contributed by atoms with Crippen molar-refractivity contribution in [3.8, 4) is 5.75 Å². The summed E-state index contributed by atoms with van der Waals surface area (Å²) in [7, 11) is 0. The van der Waals surface area contributed by atoms with Gasteiger partial charge in [0.1, 0.15) is 11.6 Å². The van der Waals surface area contributed by atoms with Crippen LogP contribution in [0.2, 0.25) is 0 Å². The highest BCUT2D eigenvalue weighted by Crippen LogP contribution is 2.19. The van der Waals surface area contributed by atoms with Gasteiger partial charge in [0, 0.05) is 17.4 Å². The molecule has 1 aromatic heterocycles. The quantitative estimate of drug-likeness (QED) is 0.469. The fourth-order valence-electron chi connectivity index (χ4n) is 3.21. The number of nitrogens with zero attached hydrogens (tertiary/aromatic N) is 2. The number of rotatable bonds is 2. The van der Waals surface area contributed by atoms with Crippen molar-refractivity contribution in [3.05, 3.63) is 68.7 Å². The highest BCUT2D eigenvalue weighted by Gasteiger charge is 2.16. The smallest absolute Gasteiger partial charge is 0.343 e. The van der Waals surface area contributed by atoms with Crippen LogP contribution in [0.3, 0.4) is 0 Å². The van der Waals surface area contributed by atoms with E-state index < -0.39 is 5.97 Å². The van der Waals surface area contributed by atoms with Gasteiger partial charge in [-0.2, -0.15) is 0 Å². The summed E-state index contributed by atoms with van der Waals surface area (Å²) in [6, 6.07) is 12.0. The van der Waals surface area contributed by atoms with Crippen molar-refractivity contribution in [2.75, 3.05) is 0 Å². The van der Waals surface area contributed by atoms with Gasteiger partial charge in [0.2, 0.25) is 0 Å². The summed E-state index contributed by atoms with van der Waals surface area (Å²) in [4.78, 5) is 29.8. The number of halogens is 1. The number of esters is 1. The maximum atomic E-state index is 12.7. The number of hydrogen-bond donors (Lipinski definition) is 0. The Labute approximate surface area is 158 Å².